The summed E-state index contributed by atoms with van der Waals surface area (Å²) in [7, 11) is 3.03. The van der Waals surface area contributed by atoms with Gasteiger partial charge in [0, 0.05) is 6.07 Å². The summed E-state index contributed by atoms with van der Waals surface area (Å²) in [5.41, 5.74) is 1.00. The first-order valence-corrected chi connectivity index (χ1v) is 9.86. The van der Waals surface area contributed by atoms with Gasteiger partial charge in [-0.1, -0.05) is 6.07 Å². The molecule has 1 amide bonds. The Morgan fingerprint density at radius 3 is 2.48 bits per heavy atom. The van der Waals surface area contributed by atoms with Crippen LogP contribution in [-0.4, -0.2) is 60.8 Å². The number of hydrogen-bond acceptors (Lipinski definition) is 8. The quantitative estimate of drug-likeness (QED) is 0.479. The monoisotopic (exact) mass is 457 g/mol. The number of benzene rings is 2. The van der Waals surface area contributed by atoms with Crippen LogP contribution in [0.3, 0.4) is 0 Å². The number of aliphatic carboxylic acids is 1. The van der Waals surface area contributed by atoms with Gasteiger partial charge in [-0.15, -0.1) is 0 Å². The van der Waals surface area contributed by atoms with Gasteiger partial charge in [0.05, 0.1) is 25.9 Å². The minimum Gasteiger partial charge on any atom is -0.493 e. The van der Waals surface area contributed by atoms with E-state index in [0.29, 0.717) is 22.6 Å². The number of hydrogen-bond donors (Lipinski definition) is 3. The molecular weight excluding hydrogens is 434 g/mol. The van der Waals surface area contributed by atoms with Crippen LogP contribution in [0, 0.1) is 0 Å². The Kier molecular flexibility index (Phi) is 7.19. The molecule has 1 aliphatic heterocycles. The molecule has 2 aromatic carbocycles. The number of aliphatic hydroxyl groups is 1. The molecule has 0 radical (unpaired) electrons. The number of ketones is 1. The van der Waals surface area contributed by atoms with Crippen molar-refractivity contribution in [3.05, 3.63) is 53.3 Å². The number of carboxylic acid groups (broad SMARTS) is 1. The van der Waals surface area contributed by atoms with Crippen molar-refractivity contribution < 1.29 is 43.5 Å². The van der Waals surface area contributed by atoms with Gasteiger partial charge in [-0.2, -0.15) is 0 Å². The SMILES string of the molecule is COc1ccc(/C=C2\Oc3cc(OCC(=O)N[C@H](C(=O)O)C(C)O)ccc3C2=O)cc1OC. The van der Waals surface area contributed by atoms with Crippen LogP contribution < -0.4 is 24.3 Å². The number of amides is 1. The Bertz CT molecular complexity index is 1110. The molecule has 3 N–H and O–H groups in total. The highest BCUT2D eigenvalue weighted by molar-refractivity contribution is 6.14. The summed E-state index contributed by atoms with van der Waals surface area (Å²) in [6, 6.07) is 8.17. The van der Waals surface area contributed by atoms with E-state index in [9.17, 15) is 19.5 Å². The van der Waals surface area contributed by atoms with Crippen molar-refractivity contribution in [2.24, 2.45) is 0 Å². The van der Waals surface area contributed by atoms with E-state index in [0.717, 1.165) is 0 Å². The molecule has 3 rings (SSSR count). The number of carboxylic acids is 1. The first kappa shape index (κ1) is 23.6. The minimum atomic E-state index is -1.45. The number of rotatable bonds is 9. The van der Waals surface area contributed by atoms with Gasteiger partial charge >= 0.3 is 5.97 Å². The van der Waals surface area contributed by atoms with E-state index in [1.807, 2.05) is 0 Å². The molecule has 0 saturated carbocycles. The van der Waals surface area contributed by atoms with Gasteiger partial charge in [-0.25, -0.2) is 4.79 Å². The molecule has 0 aromatic heterocycles. The fourth-order valence-corrected chi connectivity index (χ4v) is 3.10. The molecule has 33 heavy (non-hydrogen) atoms. The number of carbonyl (C=O) groups is 3. The molecule has 10 heteroatoms. The zero-order chi connectivity index (χ0) is 24.1. The topological polar surface area (TPSA) is 141 Å². The Morgan fingerprint density at radius 1 is 1.12 bits per heavy atom. The Morgan fingerprint density at radius 2 is 1.85 bits per heavy atom. The lowest BCUT2D eigenvalue weighted by atomic mass is 10.1. The van der Waals surface area contributed by atoms with Crippen molar-refractivity contribution in [3.63, 3.8) is 0 Å². The number of aliphatic hydroxyl groups excluding tert-OH is 1. The van der Waals surface area contributed by atoms with Crippen LogP contribution in [0.2, 0.25) is 0 Å². The molecule has 0 fully saturated rings. The van der Waals surface area contributed by atoms with E-state index in [4.69, 9.17) is 24.1 Å². The van der Waals surface area contributed by atoms with Crippen molar-refractivity contribution in [3.8, 4) is 23.0 Å². The second-order valence-electron chi connectivity index (χ2n) is 7.12. The van der Waals surface area contributed by atoms with Crippen LogP contribution in [0.1, 0.15) is 22.8 Å². The standard InChI is InChI=1S/C23H23NO9/c1-12(25)21(23(28)29)24-20(26)11-32-14-5-6-15-17(10-14)33-19(22(15)27)9-13-4-7-16(30-2)18(8-13)31-3/h4-10,12,21,25H,11H2,1-3H3,(H,24,26)(H,28,29)/b19-9-/t12?,21-/m0/s1. The summed E-state index contributed by atoms with van der Waals surface area (Å²) >= 11 is 0. The maximum atomic E-state index is 12.7. The molecule has 0 bridgehead atoms. The molecule has 2 aromatic rings. The lowest BCUT2D eigenvalue weighted by Crippen LogP contribution is -2.49. The van der Waals surface area contributed by atoms with Gasteiger partial charge in [0.2, 0.25) is 5.78 Å². The number of methoxy groups -OCH3 is 2. The third-order valence-electron chi connectivity index (χ3n) is 4.78. The molecule has 0 aliphatic carbocycles. The molecule has 174 valence electrons. The van der Waals surface area contributed by atoms with E-state index in [1.165, 1.54) is 39.3 Å². The maximum Gasteiger partial charge on any atom is 0.328 e. The summed E-state index contributed by atoms with van der Waals surface area (Å²) in [6.07, 6.45) is 0.294. The number of ether oxygens (including phenoxy) is 4. The Balaban J connectivity index is 1.69. The molecule has 1 heterocycles. The van der Waals surface area contributed by atoms with E-state index in [1.54, 1.807) is 24.3 Å². The third kappa shape index (κ3) is 5.42. The number of fused-ring (bicyclic) bond motifs is 1. The van der Waals surface area contributed by atoms with Crippen LogP contribution in [0.15, 0.2) is 42.2 Å². The normalized spacial score (nSPS) is 15.3. The van der Waals surface area contributed by atoms with Crippen molar-refractivity contribution in [2.45, 2.75) is 19.1 Å². The van der Waals surface area contributed by atoms with Crippen molar-refractivity contribution >= 4 is 23.7 Å². The van der Waals surface area contributed by atoms with Gasteiger partial charge in [-0.05, 0) is 42.8 Å². The largest absolute Gasteiger partial charge is 0.493 e. The predicted molar refractivity (Wildman–Crippen MR) is 116 cm³/mol. The fourth-order valence-electron chi connectivity index (χ4n) is 3.10. The Hall–Kier alpha value is -4.05. The second-order valence-corrected chi connectivity index (χ2v) is 7.12. The summed E-state index contributed by atoms with van der Waals surface area (Å²) < 4.78 is 21.5. The van der Waals surface area contributed by atoms with Gasteiger partial charge in [0.25, 0.3) is 5.91 Å². The first-order chi connectivity index (χ1) is 15.7. The van der Waals surface area contributed by atoms with Crippen molar-refractivity contribution in [2.75, 3.05) is 20.8 Å². The van der Waals surface area contributed by atoms with Crippen LogP contribution in [-0.2, 0) is 9.59 Å². The molecule has 0 spiro atoms. The molecule has 1 unspecified atom stereocenters. The van der Waals surface area contributed by atoms with E-state index < -0.39 is 30.6 Å². The maximum absolute atomic E-state index is 12.7. The molecule has 1 aliphatic rings. The van der Waals surface area contributed by atoms with Crippen LogP contribution in [0.25, 0.3) is 6.08 Å². The highest BCUT2D eigenvalue weighted by Gasteiger charge is 2.28. The summed E-state index contributed by atoms with van der Waals surface area (Å²) in [5.74, 6) is -0.741. The highest BCUT2D eigenvalue weighted by atomic mass is 16.5. The van der Waals surface area contributed by atoms with Crippen LogP contribution in [0.5, 0.6) is 23.0 Å². The fraction of sp³-hybridized carbons (Fsp3) is 0.261. The van der Waals surface area contributed by atoms with Crippen LogP contribution in [0.4, 0.5) is 0 Å². The molecule has 0 saturated heterocycles. The predicted octanol–water partition coefficient (Wildman–Crippen LogP) is 1.65. The number of nitrogens with one attached hydrogen (secondary N) is 1. The lowest BCUT2D eigenvalue weighted by Gasteiger charge is -2.17. The summed E-state index contributed by atoms with van der Waals surface area (Å²) in [6.45, 7) is 0.763. The van der Waals surface area contributed by atoms with Gasteiger partial charge in [0.15, 0.2) is 29.9 Å². The van der Waals surface area contributed by atoms with Gasteiger partial charge in [-0.3, -0.25) is 9.59 Å². The van der Waals surface area contributed by atoms with Crippen LogP contribution >= 0.6 is 0 Å². The van der Waals surface area contributed by atoms with Gasteiger partial charge in [0.1, 0.15) is 11.5 Å². The zero-order valence-corrected chi connectivity index (χ0v) is 18.2. The van der Waals surface area contributed by atoms with Crippen molar-refractivity contribution in [1.29, 1.82) is 0 Å². The summed E-state index contributed by atoms with van der Waals surface area (Å²) in [4.78, 5) is 35.7. The Labute approximate surface area is 189 Å². The average molecular weight is 457 g/mol. The first-order valence-electron chi connectivity index (χ1n) is 9.86. The smallest absolute Gasteiger partial charge is 0.328 e. The molecule has 2 atom stereocenters. The number of Topliss-reactive ketones (excluding diaryl/α,β-unsaturated/α-hetero) is 1. The molecule has 10 nitrogen and oxygen atoms in total. The van der Waals surface area contributed by atoms with Gasteiger partial charge < -0.3 is 34.5 Å². The number of carbonyl (C=O) groups excluding carboxylic acids is 2. The number of allylic oxidation sites excluding steroid dienone is 1. The van der Waals surface area contributed by atoms with E-state index >= 15 is 0 Å². The average Bonchev–Trinajstić information content (AvgIpc) is 3.09. The third-order valence-corrected chi connectivity index (χ3v) is 4.78. The van der Waals surface area contributed by atoms with Crippen molar-refractivity contribution in [1.82, 2.24) is 5.32 Å². The minimum absolute atomic E-state index is 0.105. The zero-order valence-electron chi connectivity index (χ0n) is 18.2. The highest BCUT2D eigenvalue weighted by Crippen LogP contribution is 2.36. The van der Waals surface area contributed by atoms with E-state index in [2.05, 4.69) is 5.32 Å². The summed E-state index contributed by atoms with van der Waals surface area (Å²) in [5, 5.41) is 20.6. The molecular formula is C23H23NO9. The van der Waals surface area contributed by atoms with E-state index in [-0.39, 0.29) is 23.0 Å². The lowest BCUT2D eigenvalue weighted by molar-refractivity contribution is -0.145. The second kappa shape index (κ2) is 10.0.